The molecule has 1 aromatic heterocycles. The second-order valence-electron chi connectivity index (χ2n) is 8.03. The number of benzene rings is 2. The van der Waals surface area contributed by atoms with Crippen molar-refractivity contribution >= 4 is 33.9 Å². The van der Waals surface area contributed by atoms with Crippen LogP contribution < -0.4 is 10.9 Å². The molecule has 0 radical (unpaired) electrons. The highest BCUT2D eigenvalue weighted by Gasteiger charge is 2.22. The van der Waals surface area contributed by atoms with Crippen molar-refractivity contribution in [2.75, 3.05) is 18.5 Å². The van der Waals surface area contributed by atoms with Gasteiger partial charge in [0.05, 0.1) is 12.6 Å². The Morgan fingerprint density at radius 2 is 2.03 bits per heavy atom. The molecule has 3 aromatic rings. The Morgan fingerprint density at radius 3 is 2.80 bits per heavy atom. The molecule has 1 atom stereocenters. The van der Waals surface area contributed by atoms with Crippen molar-refractivity contribution in [3.05, 3.63) is 75.6 Å². The summed E-state index contributed by atoms with van der Waals surface area (Å²) in [5.41, 5.74) is 4.73. The zero-order valence-corrected chi connectivity index (χ0v) is 18.2. The molecular formula is C24H27N3O2S. The summed E-state index contributed by atoms with van der Waals surface area (Å²) in [6.45, 7) is 5.97. The normalized spacial score (nSPS) is 16.0. The number of nitrogens with zero attached hydrogens (tertiary/aromatic N) is 1. The third-order valence-corrected chi connectivity index (χ3v) is 5.80. The van der Waals surface area contributed by atoms with Crippen molar-refractivity contribution < 1.29 is 4.74 Å². The molecule has 2 N–H and O–H groups in total. The van der Waals surface area contributed by atoms with E-state index in [1.807, 2.05) is 35.2 Å². The van der Waals surface area contributed by atoms with Crippen LogP contribution in [0.4, 0.5) is 5.69 Å². The molecule has 0 bridgehead atoms. The summed E-state index contributed by atoms with van der Waals surface area (Å²) < 4.78 is 5.84. The van der Waals surface area contributed by atoms with Gasteiger partial charge in [0.25, 0.3) is 5.56 Å². The highest BCUT2D eigenvalue weighted by Crippen LogP contribution is 2.18. The van der Waals surface area contributed by atoms with Crippen LogP contribution in [0.3, 0.4) is 0 Å². The summed E-state index contributed by atoms with van der Waals surface area (Å²) in [5.74, 6) is 0. The highest BCUT2D eigenvalue weighted by molar-refractivity contribution is 7.80. The zero-order valence-electron chi connectivity index (χ0n) is 17.4. The smallest absolute Gasteiger partial charge is 0.253 e. The van der Waals surface area contributed by atoms with E-state index in [0.717, 1.165) is 47.2 Å². The molecule has 0 saturated carbocycles. The van der Waals surface area contributed by atoms with E-state index in [2.05, 4.69) is 42.3 Å². The van der Waals surface area contributed by atoms with Gasteiger partial charge in [-0.15, -0.1) is 0 Å². The van der Waals surface area contributed by atoms with Crippen LogP contribution in [-0.4, -0.2) is 34.3 Å². The maximum atomic E-state index is 12.7. The fourth-order valence-electron chi connectivity index (χ4n) is 3.87. The molecule has 2 aromatic carbocycles. The average Bonchev–Trinajstić information content (AvgIpc) is 3.21. The summed E-state index contributed by atoms with van der Waals surface area (Å²) in [5, 5.41) is 4.96. The van der Waals surface area contributed by atoms with Crippen LogP contribution in [0.5, 0.6) is 0 Å². The standard InChI is InChI=1S/C24H27N3O2S/c1-16-5-3-6-20(12-16)25-24(30)27(15-21-7-4-10-29-21)14-19-13-18-11-17(2)8-9-22(18)26-23(19)28/h3,5-6,8-9,11-13,21H,4,7,10,14-15H2,1-2H3,(H,25,30)(H,26,28)/t21-/m1/s1. The molecule has 1 fully saturated rings. The number of aromatic amines is 1. The number of fused-ring (bicyclic) bond motifs is 1. The molecule has 0 aliphatic carbocycles. The van der Waals surface area contributed by atoms with Gasteiger partial charge in [0, 0.05) is 29.9 Å². The molecule has 6 heteroatoms. The zero-order chi connectivity index (χ0) is 21.1. The maximum Gasteiger partial charge on any atom is 0.253 e. The van der Waals surface area contributed by atoms with Crippen LogP contribution in [-0.2, 0) is 11.3 Å². The number of pyridine rings is 1. The summed E-state index contributed by atoms with van der Waals surface area (Å²) >= 11 is 5.74. The molecule has 4 rings (SSSR count). The van der Waals surface area contributed by atoms with E-state index < -0.39 is 0 Å². The Hall–Kier alpha value is -2.70. The van der Waals surface area contributed by atoms with Crippen molar-refractivity contribution in [1.82, 2.24) is 9.88 Å². The van der Waals surface area contributed by atoms with Gasteiger partial charge in [0.1, 0.15) is 0 Å². The Labute approximate surface area is 182 Å². The lowest BCUT2D eigenvalue weighted by Crippen LogP contribution is -2.40. The Kier molecular flexibility index (Phi) is 6.16. The number of aromatic nitrogens is 1. The topological polar surface area (TPSA) is 57.4 Å². The second-order valence-corrected chi connectivity index (χ2v) is 8.42. The van der Waals surface area contributed by atoms with Gasteiger partial charge in [-0.1, -0.05) is 23.8 Å². The van der Waals surface area contributed by atoms with E-state index in [4.69, 9.17) is 17.0 Å². The first-order valence-electron chi connectivity index (χ1n) is 10.3. The van der Waals surface area contributed by atoms with Crippen molar-refractivity contribution in [2.45, 2.75) is 39.3 Å². The Morgan fingerprint density at radius 1 is 1.20 bits per heavy atom. The van der Waals surface area contributed by atoms with Gasteiger partial charge >= 0.3 is 0 Å². The average molecular weight is 422 g/mol. The number of ether oxygens (including phenoxy) is 1. The van der Waals surface area contributed by atoms with Crippen LogP contribution in [0.15, 0.2) is 53.3 Å². The quantitative estimate of drug-likeness (QED) is 0.593. The highest BCUT2D eigenvalue weighted by atomic mass is 32.1. The van der Waals surface area contributed by atoms with Gasteiger partial charge in [-0.25, -0.2) is 0 Å². The molecule has 1 aliphatic heterocycles. The molecular weight excluding hydrogens is 394 g/mol. The second kappa shape index (κ2) is 8.98. The van der Waals surface area contributed by atoms with E-state index >= 15 is 0 Å². The lowest BCUT2D eigenvalue weighted by Gasteiger charge is -2.28. The van der Waals surface area contributed by atoms with Crippen LogP contribution in [0.1, 0.15) is 29.5 Å². The summed E-state index contributed by atoms with van der Waals surface area (Å²) in [6, 6.07) is 16.1. The van der Waals surface area contributed by atoms with Crippen LogP contribution >= 0.6 is 12.2 Å². The van der Waals surface area contributed by atoms with Crippen molar-refractivity contribution in [3.8, 4) is 0 Å². The minimum atomic E-state index is -0.0814. The van der Waals surface area contributed by atoms with E-state index in [1.165, 1.54) is 0 Å². The largest absolute Gasteiger partial charge is 0.376 e. The third kappa shape index (κ3) is 4.89. The van der Waals surface area contributed by atoms with Crippen molar-refractivity contribution in [1.29, 1.82) is 0 Å². The first-order valence-corrected chi connectivity index (χ1v) is 10.8. The van der Waals surface area contributed by atoms with Crippen molar-refractivity contribution in [3.63, 3.8) is 0 Å². The minimum absolute atomic E-state index is 0.0814. The lowest BCUT2D eigenvalue weighted by molar-refractivity contribution is 0.0904. The third-order valence-electron chi connectivity index (χ3n) is 5.44. The SMILES string of the molecule is Cc1cccc(NC(=S)N(Cc2cc3cc(C)ccc3[nH]c2=O)C[C@H]2CCCO2)c1. The van der Waals surface area contributed by atoms with Gasteiger partial charge in [-0.2, -0.15) is 0 Å². The van der Waals surface area contributed by atoms with Crippen LogP contribution in [0.25, 0.3) is 10.9 Å². The van der Waals surface area contributed by atoms with Crippen LogP contribution in [0, 0.1) is 13.8 Å². The maximum absolute atomic E-state index is 12.7. The number of H-pyrrole nitrogens is 1. The molecule has 0 amide bonds. The number of aryl methyl sites for hydroxylation is 2. The number of thiocarbonyl (C=S) groups is 1. The summed E-state index contributed by atoms with van der Waals surface area (Å²) in [6.07, 6.45) is 2.20. The number of hydrogen-bond acceptors (Lipinski definition) is 3. The van der Waals surface area contributed by atoms with Gasteiger partial charge in [-0.3, -0.25) is 4.79 Å². The Bertz CT molecular complexity index is 1120. The fourth-order valence-corrected chi connectivity index (χ4v) is 4.13. The Balaban J connectivity index is 1.60. The molecule has 5 nitrogen and oxygen atoms in total. The minimum Gasteiger partial charge on any atom is -0.376 e. The number of anilines is 1. The summed E-state index contributed by atoms with van der Waals surface area (Å²) in [4.78, 5) is 17.8. The van der Waals surface area contributed by atoms with E-state index in [-0.39, 0.29) is 11.7 Å². The van der Waals surface area contributed by atoms with Gasteiger partial charge in [0.15, 0.2) is 5.11 Å². The first kappa shape index (κ1) is 20.6. The molecule has 2 heterocycles. The molecule has 0 spiro atoms. The van der Waals surface area contributed by atoms with Gasteiger partial charge < -0.3 is 19.9 Å². The van der Waals surface area contributed by atoms with Crippen LogP contribution in [0.2, 0.25) is 0 Å². The molecule has 156 valence electrons. The monoisotopic (exact) mass is 421 g/mol. The van der Waals surface area contributed by atoms with E-state index in [1.54, 1.807) is 0 Å². The molecule has 1 aliphatic rings. The molecule has 0 unspecified atom stereocenters. The number of hydrogen-bond donors (Lipinski definition) is 2. The number of rotatable bonds is 5. The van der Waals surface area contributed by atoms with Gasteiger partial charge in [-0.05, 0) is 80.2 Å². The predicted molar refractivity (Wildman–Crippen MR) is 126 cm³/mol. The van der Waals surface area contributed by atoms with Crippen molar-refractivity contribution in [2.24, 2.45) is 0 Å². The summed E-state index contributed by atoms with van der Waals surface area (Å²) in [7, 11) is 0. The molecule has 1 saturated heterocycles. The van der Waals surface area contributed by atoms with Gasteiger partial charge in [0.2, 0.25) is 0 Å². The lowest BCUT2D eigenvalue weighted by atomic mass is 10.1. The number of nitrogens with one attached hydrogen (secondary N) is 2. The van der Waals surface area contributed by atoms with E-state index in [9.17, 15) is 4.79 Å². The fraction of sp³-hybridized carbons (Fsp3) is 0.333. The molecule has 30 heavy (non-hydrogen) atoms. The van der Waals surface area contributed by atoms with E-state index in [0.29, 0.717) is 23.8 Å². The first-order chi connectivity index (χ1) is 14.5. The predicted octanol–water partition coefficient (Wildman–Crippen LogP) is 4.52.